The Balaban J connectivity index is 1.51. The van der Waals surface area contributed by atoms with Crippen molar-refractivity contribution in [2.45, 2.75) is 37.1 Å². The molecule has 0 spiro atoms. The SMILES string of the molecule is c1cnc(SCCNCC2CCCCC2)cn1. The molecule has 17 heavy (non-hydrogen) atoms. The Kier molecular flexibility index (Phi) is 5.79. The summed E-state index contributed by atoms with van der Waals surface area (Å²) in [7, 11) is 0. The summed E-state index contributed by atoms with van der Waals surface area (Å²) in [6.07, 6.45) is 12.4. The maximum Gasteiger partial charge on any atom is 0.114 e. The van der Waals surface area contributed by atoms with Crippen LogP contribution in [0.1, 0.15) is 32.1 Å². The quantitative estimate of drug-likeness (QED) is 0.623. The number of hydrogen-bond acceptors (Lipinski definition) is 4. The van der Waals surface area contributed by atoms with Crippen LogP contribution in [0.2, 0.25) is 0 Å². The molecule has 0 atom stereocenters. The fourth-order valence-electron chi connectivity index (χ4n) is 2.29. The third kappa shape index (κ3) is 5.04. The summed E-state index contributed by atoms with van der Waals surface area (Å²) in [4.78, 5) is 8.29. The molecule has 1 aliphatic carbocycles. The standard InChI is InChI=1S/C13H21N3S/c1-2-4-12(5-3-1)10-15-8-9-17-13-11-14-6-7-16-13/h6-7,11-12,15H,1-5,8-10H2. The molecule has 1 fully saturated rings. The van der Waals surface area contributed by atoms with Gasteiger partial charge < -0.3 is 5.32 Å². The molecule has 0 aliphatic heterocycles. The number of aromatic nitrogens is 2. The molecule has 4 heteroatoms. The molecule has 1 aliphatic rings. The van der Waals surface area contributed by atoms with Crippen LogP contribution in [0.4, 0.5) is 0 Å². The molecule has 94 valence electrons. The van der Waals surface area contributed by atoms with Crippen LogP contribution in [-0.2, 0) is 0 Å². The van der Waals surface area contributed by atoms with Crippen molar-refractivity contribution in [3.8, 4) is 0 Å². The highest BCUT2D eigenvalue weighted by Gasteiger charge is 2.12. The van der Waals surface area contributed by atoms with Gasteiger partial charge in [0.15, 0.2) is 0 Å². The van der Waals surface area contributed by atoms with Crippen molar-refractivity contribution in [3.63, 3.8) is 0 Å². The maximum absolute atomic E-state index is 4.24. The zero-order chi connectivity index (χ0) is 11.8. The van der Waals surface area contributed by atoms with Crippen LogP contribution in [0.3, 0.4) is 0 Å². The second-order valence-electron chi connectivity index (χ2n) is 4.60. The average molecular weight is 251 g/mol. The molecule has 0 saturated heterocycles. The van der Waals surface area contributed by atoms with E-state index in [1.54, 1.807) is 24.2 Å². The lowest BCUT2D eigenvalue weighted by molar-refractivity contribution is 0.345. The summed E-state index contributed by atoms with van der Waals surface area (Å²) in [5, 5.41) is 4.58. The Hall–Kier alpha value is -0.610. The van der Waals surface area contributed by atoms with E-state index in [2.05, 4.69) is 15.3 Å². The predicted octanol–water partition coefficient (Wildman–Crippen LogP) is 2.74. The molecule has 0 bridgehead atoms. The Morgan fingerprint density at radius 1 is 1.24 bits per heavy atom. The van der Waals surface area contributed by atoms with Crippen LogP contribution in [0.25, 0.3) is 0 Å². The number of hydrogen-bond donors (Lipinski definition) is 1. The topological polar surface area (TPSA) is 37.8 Å². The summed E-state index contributed by atoms with van der Waals surface area (Å²) < 4.78 is 0. The highest BCUT2D eigenvalue weighted by molar-refractivity contribution is 7.99. The van der Waals surface area contributed by atoms with Gasteiger partial charge in [0, 0.05) is 24.7 Å². The third-order valence-electron chi connectivity index (χ3n) is 3.23. The zero-order valence-corrected chi connectivity index (χ0v) is 11.1. The first kappa shape index (κ1) is 12.8. The number of rotatable bonds is 6. The summed E-state index contributed by atoms with van der Waals surface area (Å²) in [6.45, 7) is 2.26. The van der Waals surface area contributed by atoms with Crippen LogP contribution in [0, 0.1) is 5.92 Å². The molecular formula is C13H21N3S. The van der Waals surface area contributed by atoms with Gasteiger partial charge >= 0.3 is 0 Å². The minimum Gasteiger partial charge on any atom is -0.316 e. The van der Waals surface area contributed by atoms with Gasteiger partial charge in [-0.1, -0.05) is 19.3 Å². The second-order valence-corrected chi connectivity index (χ2v) is 5.72. The zero-order valence-electron chi connectivity index (χ0n) is 10.3. The highest BCUT2D eigenvalue weighted by atomic mass is 32.2. The minimum absolute atomic E-state index is 0.922. The lowest BCUT2D eigenvalue weighted by Gasteiger charge is -2.21. The number of nitrogens with zero attached hydrogens (tertiary/aromatic N) is 2. The number of nitrogens with one attached hydrogen (secondary N) is 1. The first-order chi connectivity index (χ1) is 8.45. The van der Waals surface area contributed by atoms with Gasteiger partial charge in [-0.2, -0.15) is 0 Å². The van der Waals surface area contributed by atoms with E-state index in [4.69, 9.17) is 0 Å². The first-order valence-corrected chi connectivity index (χ1v) is 7.53. The van der Waals surface area contributed by atoms with Crippen LogP contribution in [0.5, 0.6) is 0 Å². The monoisotopic (exact) mass is 251 g/mol. The van der Waals surface area contributed by atoms with E-state index in [1.165, 1.54) is 38.6 Å². The average Bonchev–Trinajstić information content (AvgIpc) is 2.41. The van der Waals surface area contributed by atoms with E-state index in [9.17, 15) is 0 Å². The molecule has 1 N–H and O–H groups in total. The van der Waals surface area contributed by atoms with E-state index in [-0.39, 0.29) is 0 Å². The summed E-state index contributed by atoms with van der Waals surface area (Å²) in [5.41, 5.74) is 0. The molecule has 0 radical (unpaired) electrons. The van der Waals surface area contributed by atoms with Gasteiger partial charge in [-0.05, 0) is 25.3 Å². The molecular weight excluding hydrogens is 230 g/mol. The Morgan fingerprint density at radius 2 is 2.12 bits per heavy atom. The number of thioether (sulfide) groups is 1. The lowest BCUT2D eigenvalue weighted by Crippen LogP contribution is -2.26. The van der Waals surface area contributed by atoms with Gasteiger partial charge in [0.2, 0.25) is 0 Å². The summed E-state index contributed by atoms with van der Waals surface area (Å²) in [6, 6.07) is 0. The van der Waals surface area contributed by atoms with E-state index in [0.29, 0.717) is 0 Å². The van der Waals surface area contributed by atoms with Gasteiger partial charge in [-0.15, -0.1) is 11.8 Å². The fourth-order valence-corrected chi connectivity index (χ4v) is 3.01. The van der Waals surface area contributed by atoms with Crippen molar-refractivity contribution in [1.82, 2.24) is 15.3 Å². The van der Waals surface area contributed by atoms with E-state index >= 15 is 0 Å². The van der Waals surface area contributed by atoms with Gasteiger partial charge in [0.05, 0.1) is 6.20 Å². The van der Waals surface area contributed by atoms with E-state index < -0.39 is 0 Å². The van der Waals surface area contributed by atoms with Crippen molar-refractivity contribution in [3.05, 3.63) is 18.6 Å². The van der Waals surface area contributed by atoms with Gasteiger partial charge in [-0.3, -0.25) is 4.98 Å². The first-order valence-electron chi connectivity index (χ1n) is 6.54. The fraction of sp³-hybridized carbons (Fsp3) is 0.692. The Morgan fingerprint density at radius 3 is 2.88 bits per heavy atom. The second kappa shape index (κ2) is 7.67. The minimum atomic E-state index is 0.922. The van der Waals surface area contributed by atoms with Gasteiger partial charge in [0.25, 0.3) is 0 Å². The Bertz CT molecular complexity index is 299. The Labute approximate surface area is 108 Å². The maximum atomic E-state index is 4.24. The van der Waals surface area contributed by atoms with Crippen LogP contribution < -0.4 is 5.32 Å². The van der Waals surface area contributed by atoms with Crippen LogP contribution in [-0.4, -0.2) is 28.8 Å². The molecule has 0 amide bonds. The van der Waals surface area contributed by atoms with Crippen molar-refractivity contribution >= 4 is 11.8 Å². The summed E-state index contributed by atoms with van der Waals surface area (Å²) >= 11 is 1.77. The van der Waals surface area contributed by atoms with Crippen LogP contribution >= 0.6 is 11.8 Å². The van der Waals surface area contributed by atoms with E-state index in [0.717, 1.165) is 23.2 Å². The molecule has 0 unspecified atom stereocenters. The van der Waals surface area contributed by atoms with Gasteiger partial charge in [0.1, 0.15) is 5.03 Å². The molecule has 2 rings (SSSR count). The molecule has 0 aromatic carbocycles. The lowest BCUT2D eigenvalue weighted by atomic mass is 9.89. The van der Waals surface area contributed by atoms with E-state index in [1.807, 2.05) is 6.20 Å². The smallest absolute Gasteiger partial charge is 0.114 e. The largest absolute Gasteiger partial charge is 0.316 e. The molecule has 1 heterocycles. The normalized spacial score (nSPS) is 17.2. The summed E-state index contributed by atoms with van der Waals surface area (Å²) in [5.74, 6) is 2.00. The molecule has 1 aromatic heterocycles. The van der Waals surface area contributed by atoms with Crippen LogP contribution in [0.15, 0.2) is 23.6 Å². The molecule has 1 aromatic rings. The predicted molar refractivity (Wildman–Crippen MR) is 72.2 cm³/mol. The molecule has 1 saturated carbocycles. The van der Waals surface area contributed by atoms with Crippen molar-refractivity contribution < 1.29 is 0 Å². The van der Waals surface area contributed by atoms with Crippen molar-refractivity contribution in [2.24, 2.45) is 5.92 Å². The third-order valence-corrected chi connectivity index (χ3v) is 4.14. The highest BCUT2D eigenvalue weighted by Crippen LogP contribution is 2.22. The van der Waals surface area contributed by atoms with Crippen molar-refractivity contribution in [1.29, 1.82) is 0 Å². The van der Waals surface area contributed by atoms with Crippen molar-refractivity contribution in [2.75, 3.05) is 18.8 Å². The van der Waals surface area contributed by atoms with Gasteiger partial charge in [-0.25, -0.2) is 4.98 Å². The molecule has 3 nitrogen and oxygen atoms in total.